The van der Waals surface area contributed by atoms with Gasteiger partial charge in [-0.1, -0.05) is 13.2 Å². The first-order valence-corrected chi connectivity index (χ1v) is 12.4. The van der Waals surface area contributed by atoms with Crippen LogP contribution >= 0.6 is 23.2 Å². The van der Waals surface area contributed by atoms with Crippen molar-refractivity contribution >= 4 is 57.6 Å². The van der Waals surface area contributed by atoms with Crippen molar-refractivity contribution in [1.29, 1.82) is 0 Å². The summed E-state index contributed by atoms with van der Waals surface area (Å²) in [5.41, 5.74) is -0.513. The fraction of sp³-hybridized carbons (Fsp3) is 0.214. The van der Waals surface area contributed by atoms with Crippen molar-refractivity contribution in [3.63, 3.8) is 0 Å². The molecule has 0 amide bonds. The van der Waals surface area contributed by atoms with Crippen molar-refractivity contribution in [2.24, 2.45) is 0 Å². The van der Waals surface area contributed by atoms with Crippen LogP contribution in [0.15, 0.2) is 60.7 Å². The third-order valence-corrected chi connectivity index (χ3v) is 5.28. The van der Waals surface area contributed by atoms with E-state index < -0.39 is 34.4 Å². The normalized spacial score (nSPS) is 10.1. The second-order valence-corrected chi connectivity index (χ2v) is 8.86. The lowest BCUT2D eigenvalue weighted by molar-refractivity contribution is -0.140. The smallest absolute Gasteiger partial charge is 0.339 e. The molecule has 216 valence electrons. The second kappa shape index (κ2) is 15.3. The number of carbonyl (C=O) groups is 6. The monoisotopic (exact) mass is 606 g/mol. The average Bonchev–Trinajstić information content (AvgIpc) is 2.92. The van der Waals surface area contributed by atoms with Crippen LogP contribution in [0.2, 0.25) is 0 Å². The summed E-state index contributed by atoms with van der Waals surface area (Å²) in [6.45, 7) is 8.64. The molecule has 0 aromatic heterocycles. The molecule has 0 fully saturated rings. The maximum Gasteiger partial charge on any atom is 0.339 e. The predicted molar refractivity (Wildman–Crippen MR) is 145 cm³/mol. The lowest BCUT2D eigenvalue weighted by Crippen LogP contribution is -2.16. The fourth-order valence-electron chi connectivity index (χ4n) is 2.93. The van der Waals surface area contributed by atoms with Crippen LogP contribution in [-0.4, -0.2) is 60.8 Å². The van der Waals surface area contributed by atoms with Crippen molar-refractivity contribution in [2.45, 2.75) is 13.8 Å². The van der Waals surface area contributed by atoms with E-state index in [-0.39, 0.29) is 71.3 Å². The number of ether oxygens (including phenoxy) is 5. The maximum absolute atomic E-state index is 12.6. The van der Waals surface area contributed by atoms with Gasteiger partial charge in [0.05, 0.1) is 11.1 Å². The van der Waals surface area contributed by atoms with Gasteiger partial charge in [-0.05, 0) is 73.4 Å². The molecule has 0 atom stereocenters. The largest absolute Gasteiger partial charge is 0.459 e. The zero-order chi connectivity index (χ0) is 30.7. The number of carbonyl (C=O) groups excluding carboxylic acids is 6. The minimum Gasteiger partial charge on any atom is -0.459 e. The van der Waals surface area contributed by atoms with Crippen LogP contribution in [0.25, 0.3) is 0 Å². The van der Waals surface area contributed by atoms with E-state index in [1.165, 1.54) is 50.2 Å². The highest BCUT2D eigenvalue weighted by atomic mass is 35.5. The molecule has 0 aliphatic carbocycles. The van der Waals surface area contributed by atoms with Crippen LogP contribution in [0, 0.1) is 0 Å². The quantitative estimate of drug-likeness (QED) is 0.0960. The van der Waals surface area contributed by atoms with Gasteiger partial charge in [-0.3, -0.25) is 9.59 Å². The molecule has 2 rings (SSSR count). The van der Waals surface area contributed by atoms with E-state index in [0.717, 1.165) is 0 Å². The first-order valence-electron chi connectivity index (χ1n) is 11.7. The maximum atomic E-state index is 12.6. The Morgan fingerprint density at radius 3 is 1.24 bits per heavy atom. The summed E-state index contributed by atoms with van der Waals surface area (Å²) in [7, 11) is 0. The Balaban J connectivity index is 2.20. The van der Waals surface area contributed by atoms with Crippen LogP contribution in [-0.2, 0) is 28.5 Å². The molecule has 0 spiro atoms. The highest BCUT2D eigenvalue weighted by molar-refractivity contribution is 6.68. The molecule has 0 radical (unpaired) electrons. The molecular weight excluding hydrogens is 583 g/mol. The molecule has 2 aromatic carbocycles. The number of hydrogen-bond acceptors (Lipinski definition) is 11. The molecule has 41 heavy (non-hydrogen) atoms. The molecule has 2 aromatic rings. The molecule has 0 saturated carbocycles. The Kier molecular flexibility index (Phi) is 12.2. The molecular formula is C28H24Cl2O11. The van der Waals surface area contributed by atoms with Gasteiger partial charge in [0, 0.05) is 22.3 Å². The van der Waals surface area contributed by atoms with Gasteiger partial charge >= 0.3 is 23.9 Å². The Bertz CT molecular complexity index is 1310. The number of esters is 4. The Morgan fingerprint density at radius 1 is 0.585 bits per heavy atom. The number of benzene rings is 2. The van der Waals surface area contributed by atoms with Crippen molar-refractivity contribution in [3.8, 4) is 11.5 Å². The van der Waals surface area contributed by atoms with Crippen LogP contribution in [0.1, 0.15) is 55.3 Å². The topological polar surface area (TPSA) is 149 Å². The van der Waals surface area contributed by atoms with E-state index in [1.54, 1.807) is 0 Å². The summed E-state index contributed by atoms with van der Waals surface area (Å²) in [4.78, 5) is 71.8. The first-order chi connectivity index (χ1) is 19.3. The molecule has 0 heterocycles. The van der Waals surface area contributed by atoms with Crippen molar-refractivity contribution in [2.75, 3.05) is 26.4 Å². The fourth-order valence-corrected chi connectivity index (χ4v) is 3.26. The van der Waals surface area contributed by atoms with Gasteiger partial charge in [0.25, 0.3) is 10.5 Å². The molecule has 0 N–H and O–H groups in total. The van der Waals surface area contributed by atoms with Crippen LogP contribution in [0.4, 0.5) is 0 Å². The summed E-state index contributed by atoms with van der Waals surface area (Å²) in [5.74, 6) is -3.17. The highest BCUT2D eigenvalue weighted by Crippen LogP contribution is 2.28. The minimum atomic E-state index is -0.953. The lowest BCUT2D eigenvalue weighted by Gasteiger charge is -2.13. The third kappa shape index (κ3) is 9.89. The van der Waals surface area contributed by atoms with Gasteiger partial charge in [-0.2, -0.15) is 0 Å². The van der Waals surface area contributed by atoms with Gasteiger partial charge in [0.15, 0.2) is 0 Å². The lowest BCUT2D eigenvalue weighted by atomic mass is 10.1. The van der Waals surface area contributed by atoms with E-state index in [2.05, 4.69) is 13.2 Å². The van der Waals surface area contributed by atoms with Crippen LogP contribution in [0.3, 0.4) is 0 Å². The van der Waals surface area contributed by atoms with E-state index >= 15 is 0 Å². The molecule has 0 saturated heterocycles. The predicted octanol–water partition coefficient (Wildman–Crippen LogP) is 4.79. The SMILES string of the molecule is C=C(C)C(=O)OCCOC(=O)c1cc(Oc2ccc(C(=O)Cl)c(C(=O)OCCOC(=O)C(=C)C)c2)ccc1C(=O)Cl. The molecule has 0 aliphatic heterocycles. The molecule has 0 aliphatic rings. The second-order valence-electron chi connectivity index (χ2n) is 8.17. The van der Waals surface area contributed by atoms with Crippen LogP contribution < -0.4 is 4.74 Å². The summed E-state index contributed by atoms with van der Waals surface area (Å²) in [6, 6.07) is 7.45. The Labute approximate surface area is 244 Å². The zero-order valence-corrected chi connectivity index (χ0v) is 23.5. The minimum absolute atomic E-state index is 0.0308. The number of halogens is 2. The van der Waals surface area contributed by atoms with Crippen molar-refractivity contribution in [1.82, 2.24) is 0 Å². The Hall–Kier alpha value is -4.48. The summed E-state index contributed by atoms with van der Waals surface area (Å²) in [6.07, 6.45) is 0. The van der Waals surface area contributed by atoms with Gasteiger partial charge in [-0.25, -0.2) is 19.2 Å². The van der Waals surface area contributed by atoms with Gasteiger partial charge in [0.1, 0.15) is 37.9 Å². The molecule has 0 bridgehead atoms. The molecule has 11 nitrogen and oxygen atoms in total. The van der Waals surface area contributed by atoms with Crippen molar-refractivity contribution in [3.05, 3.63) is 83.0 Å². The van der Waals surface area contributed by atoms with E-state index in [9.17, 15) is 28.8 Å². The summed E-state index contributed by atoms with van der Waals surface area (Å²) in [5, 5.41) is -1.89. The zero-order valence-electron chi connectivity index (χ0n) is 22.0. The van der Waals surface area contributed by atoms with E-state index in [1.807, 2.05) is 0 Å². The van der Waals surface area contributed by atoms with Crippen LogP contribution in [0.5, 0.6) is 11.5 Å². The number of rotatable bonds is 14. The third-order valence-electron chi connectivity index (χ3n) is 4.88. The molecule has 13 heteroatoms. The van der Waals surface area contributed by atoms with E-state index in [0.29, 0.717) is 0 Å². The summed E-state index contributed by atoms with van der Waals surface area (Å²) >= 11 is 11.2. The Morgan fingerprint density at radius 2 is 0.927 bits per heavy atom. The van der Waals surface area contributed by atoms with Gasteiger partial charge in [0.2, 0.25) is 0 Å². The number of hydrogen-bond donors (Lipinski definition) is 0. The standard InChI is InChI=1S/C28H24Cl2O11/c1-15(2)25(33)37-9-11-39-27(35)21-13-17(5-7-19(21)23(29)31)41-18-6-8-20(24(30)32)22(14-18)28(36)40-12-10-38-26(34)16(3)4/h5-8,13-14H,1,3,9-12H2,2,4H3. The first kappa shape index (κ1) is 32.7. The summed E-state index contributed by atoms with van der Waals surface area (Å²) < 4.78 is 25.5. The molecule has 0 unspecified atom stereocenters. The average molecular weight is 607 g/mol. The highest BCUT2D eigenvalue weighted by Gasteiger charge is 2.21. The van der Waals surface area contributed by atoms with Crippen molar-refractivity contribution < 1.29 is 52.5 Å². The van der Waals surface area contributed by atoms with Gasteiger partial charge in [-0.15, -0.1) is 0 Å². The van der Waals surface area contributed by atoms with Gasteiger partial charge < -0.3 is 23.7 Å². The van der Waals surface area contributed by atoms with E-state index in [4.69, 9.17) is 46.9 Å².